The van der Waals surface area contributed by atoms with E-state index < -0.39 is 6.10 Å². The maximum Gasteiger partial charge on any atom is 0.275 e. The van der Waals surface area contributed by atoms with Crippen LogP contribution in [0.2, 0.25) is 10.0 Å². The summed E-state index contributed by atoms with van der Waals surface area (Å²) in [4.78, 5) is 44.1. The zero-order valence-corrected chi connectivity index (χ0v) is 23.3. The molecule has 9 nitrogen and oxygen atoms in total. The van der Waals surface area contributed by atoms with Crippen LogP contribution in [0.15, 0.2) is 47.3 Å². The van der Waals surface area contributed by atoms with Crippen molar-refractivity contribution in [3.8, 4) is 5.75 Å². The van der Waals surface area contributed by atoms with Gasteiger partial charge < -0.3 is 25.0 Å². The minimum Gasteiger partial charge on any atom is -0.490 e. The van der Waals surface area contributed by atoms with Gasteiger partial charge >= 0.3 is 0 Å². The standard InChI is InChI=1S/C27H26Cl2N4O5S/c1-33-22-6-4-17(10-25(34)30-11-15-2-5-19(28)20(29)8-15)38-24(22)12-37-23-7-3-16(9-18(23)27(33)36)32-26(35)21-13-39-14-31-21/h2-3,5,7-9,13-14,17,22,24H,4,6,10-12H2,1H3,(H,30,34)(H,32,35)/t17-,22-,24+/m1/s1. The van der Waals surface area contributed by atoms with Crippen LogP contribution in [-0.2, 0) is 16.1 Å². The number of fused-ring (bicyclic) bond motifs is 2. The summed E-state index contributed by atoms with van der Waals surface area (Å²) < 4.78 is 12.3. The predicted molar refractivity (Wildman–Crippen MR) is 149 cm³/mol. The van der Waals surface area contributed by atoms with Gasteiger partial charge in [0.25, 0.3) is 11.8 Å². The van der Waals surface area contributed by atoms with Gasteiger partial charge in [0.1, 0.15) is 24.2 Å². The van der Waals surface area contributed by atoms with E-state index in [4.69, 9.17) is 32.7 Å². The number of nitrogens with zero attached hydrogens (tertiary/aromatic N) is 2. The molecular formula is C27H26Cl2N4O5S. The fourth-order valence-electron chi connectivity index (χ4n) is 4.75. The van der Waals surface area contributed by atoms with Crippen LogP contribution in [0.25, 0.3) is 0 Å². The van der Waals surface area contributed by atoms with Crippen molar-refractivity contribution in [2.45, 2.75) is 44.1 Å². The molecule has 12 heteroatoms. The SMILES string of the molecule is CN1C(=O)c2cc(NC(=O)c3cscn3)ccc2OC[C@@H]2O[C@@H](CC(=O)NCc3ccc(Cl)c(Cl)c3)CC[C@H]21. The summed E-state index contributed by atoms with van der Waals surface area (Å²) >= 11 is 13.3. The molecule has 0 unspecified atom stereocenters. The molecule has 3 atom stereocenters. The summed E-state index contributed by atoms with van der Waals surface area (Å²) in [5.41, 5.74) is 3.57. The second-order valence-corrected chi connectivity index (χ2v) is 11.0. The van der Waals surface area contributed by atoms with Gasteiger partial charge in [0.2, 0.25) is 5.91 Å². The molecule has 2 N–H and O–H groups in total. The van der Waals surface area contributed by atoms with Crippen molar-refractivity contribution in [1.29, 1.82) is 0 Å². The lowest BCUT2D eigenvalue weighted by molar-refractivity contribution is -0.134. The van der Waals surface area contributed by atoms with Gasteiger partial charge in [0, 0.05) is 24.7 Å². The minimum absolute atomic E-state index is 0.140. The fraction of sp³-hybridized carbons (Fsp3) is 0.333. The van der Waals surface area contributed by atoms with E-state index in [0.717, 1.165) is 5.56 Å². The van der Waals surface area contributed by atoms with Gasteiger partial charge in [-0.3, -0.25) is 14.4 Å². The Kier molecular flexibility index (Phi) is 8.37. The molecule has 204 valence electrons. The van der Waals surface area contributed by atoms with Crippen LogP contribution in [-0.4, -0.2) is 59.5 Å². The monoisotopic (exact) mass is 588 g/mol. The molecule has 39 heavy (non-hydrogen) atoms. The molecule has 0 bridgehead atoms. The Morgan fingerprint density at radius 1 is 1.15 bits per heavy atom. The zero-order valence-electron chi connectivity index (χ0n) is 21.0. The maximum atomic E-state index is 13.4. The third kappa shape index (κ3) is 6.36. The lowest BCUT2D eigenvalue weighted by Crippen LogP contribution is -2.53. The van der Waals surface area contributed by atoms with Gasteiger partial charge in [-0.15, -0.1) is 11.3 Å². The summed E-state index contributed by atoms with van der Waals surface area (Å²) in [7, 11) is 1.74. The molecule has 1 saturated heterocycles. The quantitative estimate of drug-likeness (QED) is 0.428. The van der Waals surface area contributed by atoms with Crippen molar-refractivity contribution in [2.24, 2.45) is 0 Å². The van der Waals surface area contributed by atoms with Gasteiger partial charge in [-0.2, -0.15) is 0 Å². The lowest BCUT2D eigenvalue weighted by atomic mass is 9.94. The number of carbonyl (C=O) groups excluding carboxylic acids is 3. The highest BCUT2D eigenvalue weighted by Crippen LogP contribution is 2.32. The van der Waals surface area contributed by atoms with Crippen molar-refractivity contribution < 1.29 is 23.9 Å². The molecule has 2 aliphatic rings. The minimum atomic E-state index is -0.391. The Labute approximate surface area is 239 Å². The summed E-state index contributed by atoms with van der Waals surface area (Å²) in [5, 5.41) is 8.22. The third-order valence-electron chi connectivity index (χ3n) is 6.82. The Morgan fingerprint density at radius 2 is 2.00 bits per heavy atom. The number of nitrogens with one attached hydrogen (secondary N) is 2. The molecule has 0 aliphatic carbocycles. The normalized spacial score (nSPS) is 20.6. The van der Waals surface area contributed by atoms with Crippen molar-refractivity contribution in [3.63, 3.8) is 0 Å². The number of benzene rings is 2. The van der Waals surface area contributed by atoms with Crippen LogP contribution in [0.3, 0.4) is 0 Å². The van der Waals surface area contributed by atoms with Crippen molar-refractivity contribution in [3.05, 3.63) is 74.2 Å². The van der Waals surface area contributed by atoms with Gasteiger partial charge in [-0.1, -0.05) is 29.3 Å². The first-order valence-corrected chi connectivity index (χ1v) is 14.1. The number of anilines is 1. The van der Waals surface area contributed by atoms with E-state index >= 15 is 0 Å². The molecule has 1 aromatic heterocycles. The molecule has 3 heterocycles. The van der Waals surface area contributed by atoms with Crippen LogP contribution in [0.4, 0.5) is 5.69 Å². The first kappa shape index (κ1) is 27.4. The van der Waals surface area contributed by atoms with Crippen LogP contribution in [0.1, 0.15) is 45.7 Å². The summed E-state index contributed by atoms with van der Waals surface area (Å²) in [5.74, 6) is -0.317. The number of rotatable bonds is 6. The Balaban J connectivity index is 1.20. The van der Waals surface area contributed by atoms with Gasteiger partial charge in [-0.05, 0) is 48.7 Å². The van der Waals surface area contributed by atoms with Crippen LogP contribution in [0.5, 0.6) is 5.75 Å². The number of halogens is 2. The molecule has 1 fully saturated rings. The van der Waals surface area contributed by atoms with E-state index in [1.54, 1.807) is 53.2 Å². The molecule has 0 saturated carbocycles. The first-order valence-electron chi connectivity index (χ1n) is 12.4. The second kappa shape index (κ2) is 11.9. The highest BCUT2D eigenvalue weighted by atomic mass is 35.5. The highest BCUT2D eigenvalue weighted by molar-refractivity contribution is 7.07. The smallest absolute Gasteiger partial charge is 0.275 e. The van der Waals surface area contributed by atoms with Gasteiger partial charge in [0.05, 0.1) is 39.7 Å². The Bertz CT molecular complexity index is 1390. The topological polar surface area (TPSA) is 110 Å². The van der Waals surface area contributed by atoms with Crippen LogP contribution >= 0.6 is 34.5 Å². The van der Waals surface area contributed by atoms with E-state index in [1.165, 1.54) is 11.3 Å². The predicted octanol–water partition coefficient (Wildman–Crippen LogP) is 4.79. The summed E-state index contributed by atoms with van der Waals surface area (Å²) in [6.45, 7) is 0.555. The van der Waals surface area contributed by atoms with Gasteiger partial charge in [-0.25, -0.2) is 4.98 Å². The molecule has 2 aliphatic heterocycles. The molecule has 0 spiro atoms. The maximum absolute atomic E-state index is 13.4. The van der Waals surface area contributed by atoms with Crippen LogP contribution in [0, 0.1) is 0 Å². The zero-order chi connectivity index (χ0) is 27.5. The fourth-order valence-corrected chi connectivity index (χ4v) is 5.61. The number of hydrogen-bond acceptors (Lipinski definition) is 7. The van der Waals surface area contributed by atoms with Crippen LogP contribution < -0.4 is 15.4 Å². The van der Waals surface area contributed by atoms with E-state index in [1.807, 2.05) is 6.07 Å². The van der Waals surface area contributed by atoms with E-state index in [2.05, 4.69) is 15.6 Å². The van der Waals surface area contributed by atoms with Crippen molar-refractivity contribution in [2.75, 3.05) is 19.0 Å². The molecule has 0 radical (unpaired) electrons. The number of carbonyl (C=O) groups is 3. The number of likely N-dealkylation sites (N-methyl/N-ethyl adjacent to an activating group) is 1. The highest BCUT2D eigenvalue weighted by Gasteiger charge is 2.39. The average Bonchev–Trinajstić information content (AvgIpc) is 3.47. The number of ether oxygens (including phenoxy) is 2. The number of amides is 3. The Morgan fingerprint density at radius 3 is 2.77 bits per heavy atom. The average molecular weight is 590 g/mol. The van der Waals surface area contributed by atoms with E-state index in [-0.39, 0.29) is 42.9 Å². The molecule has 5 rings (SSSR count). The summed E-state index contributed by atoms with van der Waals surface area (Å²) in [6, 6.07) is 9.97. The number of aromatic nitrogens is 1. The third-order valence-corrected chi connectivity index (χ3v) is 8.15. The molecular weight excluding hydrogens is 563 g/mol. The second-order valence-electron chi connectivity index (χ2n) is 9.44. The first-order chi connectivity index (χ1) is 18.8. The van der Waals surface area contributed by atoms with E-state index in [9.17, 15) is 14.4 Å². The van der Waals surface area contributed by atoms with Gasteiger partial charge in [0.15, 0.2) is 0 Å². The largest absolute Gasteiger partial charge is 0.490 e. The lowest BCUT2D eigenvalue weighted by Gasteiger charge is -2.42. The molecule has 3 amide bonds. The van der Waals surface area contributed by atoms with E-state index in [0.29, 0.717) is 52.1 Å². The Hall–Kier alpha value is -3.18. The number of thiazole rings is 1. The molecule has 2 aromatic carbocycles. The van der Waals surface area contributed by atoms with Crippen molar-refractivity contribution in [1.82, 2.24) is 15.2 Å². The number of hydrogen-bond donors (Lipinski definition) is 2. The molecule has 3 aromatic rings. The van der Waals surface area contributed by atoms with Crippen molar-refractivity contribution >= 4 is 57.9 Å². The summed E-state index contributed by atoms with van der Waals surface area (Å²) in [6.07, 6.45) is 0.791.